The fraction of sp³-hybridized carbons (Fsp3) is 1.00. The van der Waals surface area contributed by atoms with Crippen LogP contribution in [0.15, 0.2) is 0 Å². The van der Waals surface area contributed by atoms with Crippen molar-refractivity contribution in [2.75, 3.05) is 26.2 Å². The number of hydrogen-bond donors (Lipinski definition) is 0. The Morgan fingerprint density at radius 3 is 2.62 bits per heavy atom. The van der Waals surface area contributed by atoms with E-state index in [0.717, 1.165) is 32.7 Å². The van der Waals surface area contributed by atoms with Gasteiger partial charge in [0.25, 0.3) is 0 Å². The third-order valence-corrected chi connectivity index (χ3v) is 3.03. The molecule has 1 fully saturated rings. The molecule has 0 N–H and O–H groups in total. The molecule has 0 aromatic heterocycles. The second-order valence-corrected chi connectivity index (χ2v) is 4.54. The Morgan fingerprint density at radius 2 is 2.08 bits per heavy atom. The molecule has 0 aromatic carbocycles. The summed E-state index contributed by atoms with van der Waals surface area (Å²) >= 11 is 1.91. The predicted octanol–water partition coefficient (Wildman–Crippen LogP) is 2.57. The van der Waals surface area contributed by atoms with Crippen LogP contribution >= 0.6 is 23.0 Å². The maximum absolute atomic E-state index is 13.4. The van der Waals surface area contributed by atoms with Crippen molar-refractivity contribution in [2.45, 2.75) is 31.9 Å². The average molecular weight is 301 g/mol. The lowest BCUT2D eigenvalue weighted by molar-refractivity contribution is 0.0723. The zero-order valence-corrected chi connectivity index (χ0v) is 10.2. The van der Waals surface area contributed by atoms with Gasteiger partial charge in [-0.2, -0.15) is 0 Å². The van der Waals surface area contributed by atoms with Crippen molar-refractivity contribution in [1.29, 1.82) is 0 Å². The molecule has 1 rings (SSSR count). The van der Waals surface area contributed by atoms with Gasteiger partial charge in [-0.05, 0) is 26.2 Å². The molecule has 2 nitrogen and oxygen atoms in total. The van der Waals surface area contributed by atoms with Gasteiger partial charge in [-0.3, -0.25) is 0 Å². The van der Waals surface area contributed by atoms with E-state index in [4.69, 9.17) is 3.07 Å². The van der Waals surface area contributed by atoms with Gasteiger partial charge < -0.3 is 7.97 Å². The van der Waals surface area contributed by atoms with Crippen LogP contribution in [0.2, 0.25) is 0 Å². The maximum atomic E-state index is 13.4. The van der Waals surface area contributed by atoms with Crippen LogP contribution in [0.3, 0.4) is 0 Å². The van der Waals surface area contributed by atoms with Gasteiger partial charge in [-0.15, -0.1) is 0 Å². The van der Waals surface area contributed by atoms with E-state index in [1.54, 1.807) is 6.92 Å². The van der Waals surface area contributed by atoms with Crippen LogP contribution in [-0.2, 0) is 3.07 Å². The smallest absolute Gasteiger partial charge is 0.110 e. The van der Waals surface area contributed by atoms with Crippen LogP contribution in [0.25, 0.3) is 0 Å². The molecule has 13 heavy (non-hydrogen) atoms. The van der Waals surface area contributed by atoms with Crippen molar-refractivity contribution >= 4 is 23.0 Å². The summed E-state index contributed by atoms with van der Waals surface area (Å²) in [6.45, 7) is 5.34. The molecule has 0 aromatic rings. The van der Waals surface area contributed by atoms with Gasteiger partial charge >= 0.3 is 0 Å². The van der Waals surface area contributed by atoms with Gasteiger partial charge in [-0.25, -0.2) is 4.39 Å². The van der Waals surface area contributed by atoms with Crippen LogP contribution in [0, 0.1) is 0 Å². The highest BCUT2D eigenvalue weighted by molar-refractivity contribution is 14.1. The number of alkyl halides is 1. The molecule has 4 heteroatoms. The highest BCUT2D eigenvalue weighted by Crippen LogP contribution is 2.25. The zero-order chi connectivity index (χ0) is 9.73. The van der Waals surface area contributed by atoms with E-state index < -0.39 is 5.67 Å². The molecule has 0 aliphatic carbocycles. The highest BCUT2D eigenvalue weighted by Gasteiger charge is 2.28. The van der Waals surface area contributed by atoms with Crippen LogP contribution in [-0.4, -0.2) is 36.8 Å². The fourth-order valence-electron chi connectivity index (χ4n) is 1.59. The Labute approximate surface area is 93.5 Å². The molecule has 0 radical (unpaired) electrons. The molecule has 0 amide bonds. The van der Waals surface area contributed by atoms with Gasteiger partial charge in [0.15, 0.2) is 0 Å². The Bertz CT molecular complexity index is 145. The summed E-state index contributed by atoms with van der Waals surface area (Å²) in [5, 5.41) is 0. The molecule has 1 heterocycles. The second kappa shape index (κ2) is 5.46. The Morgan fingerprint density at radius 1 is 1.46 bits per heavy atom. The fourth-order valence-corrected chi connectivity index (χ4v) is 1.90. The Hall–Kier alpha value is 0.580. The largest absolute Gasteiger partial charge is 0.316 e. The average Bonchev–Trinajstić information content (AvgIpc) is 2.08. The minimum Gasteiger partial charge on any atom is -0.316 e. The van der Waals surface area contributed by atoms with Crippen LogP contribution < -0.4 is 0 Å². The first-order valence-corrected chi connectivity index (χ1v) is 5.67. The summed E-state index contributed by atoms with van der Waals surface area (Å²) < 4.78 is 18.3. The molecule has 1 aliphatic heterocycles. The summed E-state index contributed by atoms with van der Waals surface area (Å²) in [7, 11) is 0. The number of likely N-dealkylation sites (tertiary alicyclic amines) is 1. The molecule has 0 spiro atoms. The first-order chi connectivity index (χ1) is 6.14. The van der Waals surface area contributed by atoms with Crippen molar-refractivity contribution in [3.63, 3.8) is 0 Å². The lowest BCUT2D eigenvalue weighted by atomic mass is 9.96. The lowest BCUT2D eigenvalue weighted by Gasteiger charge is -2.33. The standard InChI is InChI=1S/C9H17FINO/c1-9(10)3-6-12(7-4-9)5-2-8-13-11/h2-8H2,1H3. The first-order valence-electron chi connectivity index (χ1n) is 4.79. The summed E-state index contributed by atoms with van der Waals surface area (Å²) in [5.74, 6) is 0. The molecule has 0 bridgehead atoms. The van der Waals surface area contributed by atoms with Crippen molar-refractivity contribution in [3.8, 4) is 0 Å². The monoisotopic (exact) mass is 301 g/mol. The number of piperidine rings is 1. The van der Waals surface area contributed by atoms with E-state index in [9.17, 15) is 4.39 Å². The number of nitrogens with zero attached hydrogens (tertiary/aromatic N) is 1. The molecular formula is C9H17FINO. The SMILES string of the molecule is CC1(F)CCN(CCCOI)CC1. The lowest BCUT2D eigenvalue weighted by Crippen LogP contribution is -2.40. The minimum atomic E-state index is -0.920. The summed E-state index contributed by atoms with van der Waals surface area (Å²) in [6, 6.07) is 0. The van der Waals surface area contributed by atoms with E-state index in [-0.39, 0.29) is 0 Å². The van der Waals surface area contributed by atoms with Gasteiger partial charge in [0.05, 0.1) is 6.61 Å². The van der Waals surface area contributed by atoms with Gasteiger partial charge in [0.1, 0.15) is 28.7 Å². The third kappa shape index (κ3) is 4.56. The molecule has 0 atom stereocenters. The Balaban J connectivity index is 2.11. The summed E-state index contributed by atoms with van der Waals surface area (Å²) in [5.41, 5.74) is -0.920. The maximum Gasteiger partial charge on any atom is 0.110 e. The van der Waals surface area contributed by atoms with E-state index in [1.165, 1.54) is 0 Å². The number of rotatable bonds is 4. The van der Waals surface area contributed by atoms with E-state index >= 15 is 0 Å². The van der Waals surface area contributed by atoms with Crippen molar-refractivity contribution in [3.05, 3.63) is 0 Å². The Kier molecular flexibility index (Phi) is 4.89. The normalized spacial score (nSPS) is 23.3. The summed E-state index contributed by atoms with van der Waals surface area (Å²) in [4.78, 5) is 2.32. The van der Waals surface area contributed by atoms with E-state index in [1.807, 2.05) is 23.0 Å². The third-order valence-electron chi connectivity index (χ3n) is 2.59. The summed E-state index contributed by atoms with van der Waals surface area (Å²) in [6.07, 6.45) is 2.40. The molecule has 0 saturated carbocycles. The van der Waals surface area contributed by atoms with Crippen molar-refractivity contribution in [1.82, 2.24) is 4.90 Å². The molecule has 0 unspecified atom stereocenters. The molecule has 1 saturated heterocycles. The van der Waals surface area contributed by atoms with Gasteiger partial charge in [0.2, 0.25) is 0 Å². The van der Waals surface area contributed by atoms with Crippen LogP contribution in [0.4, 0.5) is 4.39 Å². The van der Waals surface area contributed by atoms with E-state index in [2.05, 4.69) is 4.90 Å². The number of hydrogen-bond acceptors (Lipinski definition) is 2. The quantitative estimate of drug-likeness (QED) is 0.584. The minimum absolute atomic E-state index is 0.679. The molecule has 78 valence electrons. The zero-order valence-electron chi connectivity index (χ0n) is 8.06. The predicted molar refractivity (Wildman–Crippen MR) is 59.8 cm³/mol. The number of halogens is 2. The van der Waals surface area contributed by atoms with Gasteiger partial charge in [-0.1, -0.05) is 0 Å². The molecular weight excluding hydrogens is 284 g/mol. The van der Waals surface area contributed by atoms with Crippen LogP contribution in [0.1, 0.15) is 26.2 Å². The van der Waals surface area contributed by atoms with Crippen molar-refractivity contribution < 1.29 is 7.46 Å². The van der Waals surface area contributed by atoms with Crippen LogP contribution in [0.5, 0.6) is 0 Å². The first kappa shape index (κ1) is 11.7. The molecule has 1 aliphatic rings. The van der Waals surface area contributed by atoms with Crippen molar-refractivity contribution in [2.24, 2.45) is 0 Å². The second-order valence-electron chi connectivity index (χ2n) is 3.92. The highest BCUT2D eigenvalue weighted by atomic mass is 127. The van der Waals surface area contributed by atoms with Gasteiger partial charge in [0, 0.05) is 19.6 Å². The van der Waals surface area contributed by atoms with E-state index in [0.29, 0.717) is 12.8 Å². The topological polar surface area (TPSA) is 12.5 Å².